The van der Waals surface area contributed by atoms with Gasteiger partial charge in [-0.2, -0.15) is 4.98 Å². The van der Waals surface area contributed by atoms with Crippen LogP contribution >= 0.6 is 23.4 Å². The summed E-state index contributed by atoms with van der Waals surface area (Å²) in [6, 6.07) is 5.34. The van der Waals surface area contributed by atoms with Crippen molar-refractivity contribution in [2.75, 3.05) is 7.11 Å². The molecule has 9 heteroatoms. The molecule has 0 bridgehead atoms. The quantitative estimate of drug-likeness (QED) is 0.662. The Bertz CT molecular complexity index is 835. The van der Waals surface area contributed by atoms with Crippen LogP contribution in [0.4, 0.5) is 0 Å². The fraction of sp³-hybridized carbons (Fsp3) is 0.333. The number of nitrogens with zero attached hydrogens (tertiary/aromatic N) is 4. The van der Waals surface area contributed by atoms with Gasteiger partial charge >= 0.3 is 0 Å². The summed E-state index contributed by atoms with van der Waals surface area (Å²) in [4.78, 5) is 8.82. The molecule has 0 radical (unpaired) electrons. The third-order valence-corrected chi connectivity index (χ3v) is 4.50. The molecular formula is C15H16ClN5O2S. The van der Waals surface area contributed by atoms with Crippen molar-refractivity contribution in [3.05, 3.63) is 34.9 Å². The zero-order valence-electron chi connectivity index (χ0n) is 13.4. The van der Waals surface area contributed by atoms with Gasteiger partial charge in [-0.3, -0.25) is 5.10 Å². The summed E-state index contributed by atoms with van der Waals surface area (Å²) in [6.45, 7) is 3.94. The first-order valence-corrected chi connectivity index (χ1v) is 8.62. The van der Waals surface area contributed by atoms with Gasteiger partial charge in [0.05, 0.1) is 17.9 Å². The molecule has 0 spiro atoms. The average molecular weight is 366 g/mol. The lowest BCUT2D eigenvalue weighted by Gasteiger charge is -2.05. The van der Waals surface area contributed by atoms with E-state index in [1.165, 1.54) is 11.8 Å². The highest BCUT2D eigenvalue weighted by molar-refractivity contribution is 7.99. The second-order valence-corrected chi connectivity index (χ2v) is 6.72. The van der Waals surface area contributed by atoms with E-state index in [4.69, 9.17) is 20.9 Å². The van der Waals surface area contributed by atoms with Crippen LogP contribution in [0.15, 0.2) is 27.9 Å². The van der Waals surface area contributed by atoms with E-state index in [1.54, 1.807) is 25.3 Å². The molecule has 2 aromatic heterocycles. The van der Waals surface area contributed by atoms with Crippen molar-refractivity contribution in [1.82, 2.24) is 25.3 Å². The van der Waals surface area contributed by atoms with Crippen molar-refractivity contribution >= 4 is 23.4 Å². The Labute approximate surface area is 148 Å². The number of thioether (sulfide) groups is 1. The van der Waals surface area contributed by atoms with Gasteiger partial charge < -0.3 is 9.26 Å². The number of aryl methyl sites for hydroxylation is 1. The molecule has 3 rings (SSSR count). The standard InChI is InChI=1S/C15H16ClN5O2S/c1-4-12-17-14(23-21-12)8(2)24-15-18-13(19-20-15)10-7-9(16)5-6-11(10)22-3/h5-8H,4H2,1-3H3,(H,18,19,20)/t8-/m0/s1. The zero-order valence-corrected chi connectivity index (χ0v) is 15.0. The number of ether oxygens (including phenoxy) is 1. The maximum atomic E-state index is 6.06. The predicted octanol–water partition coefficient (Wildman–Crippen LogP) is 3.93. The van der Waals surface area contributed by atoms with Crippen molar-refractivity contribution in [1.29, 1.82) is 0 Å². The highest BCUT2D eigenvalue weighted by Gasteiger charge is 2.19. The fourth-order valence-electron chi connectivity index (χ4n) is 2.07. The van der Waals surface area contributed by atoms with Gasteiger partial charge in [0.15, 0.2) is 11.6 Å². The van der Waals surface area contributed by atoms with Crippen molar-refractivity contribution in [3.8, 4) is 17.1 Å². The van der Waals surface area contributed by atoms with Crippen LogP contribution in [0.5, 0.6) is 5.75 Å². The predicted molar refractivity (Wildman–Crippen MR) is 91.3 cm³/mol. The van der Waals surface area contributed by atoms with E-state index >= 15 is 0 Å². The number of rotatable bonds is 6. The summed E-state index contributed by atoms with van der Waals surface area (Å²) >= 11 is 7.49. The summed E-state index contributed by atoms with van der Waals surface area (Å²) < 4.78 is 10.6. The number of nitrogens with one attached hydrogen (secondary N) is 1. The van der Waals surface area contributed by atoms with Crippen molar-refractivity contribution in [2.24, 2.45) is 0 Å². The molecule has 24 heavy (non-hydrogen) atoms. The number of methoxy groups -OCH3 is 1. The van der Waals surface area contributed by atoms with Crippen LogP contribution < -0.4 is 4.74 Å². The minimum atomic E-state index is -0.0530. The van der Waals surface area contributed by atoms with Gasteiger partial charge in [0, 0.05) is 11.4 Å². The summed E-state index contributed by atoms with van der Waals surface area (Å²) in [5, 5.41) is 12.2. The first kappa shape index (κ1) is 16.8. The first-order chi connectivity index (χ1) is 11.6. The SMILES string of the molecule is CCc1noc([C@H](C)Sc2n[nH]c(-c3cc(Cl)ccc3OC)n2)n1. The lowest BCUT2D eigenvalue weighted by molar-refractivity contribution is 0.375. The van der Waals surface area contributed by atoms with Gasteiger partial charge in [0.1, 0.15) is 5.75 Å². The van der Waals surface area contributed by atoms with Crippen LogP contribution in [-0.2, 0) is 6.42 Å². The Balaban J connectivity index is 1.79. The van der Waals surface area contributed by atoms with Crippen LogP contribution in [0.1, 0.15) is 30.8 Å². The number of hydrogen-bond acceptors (Lipinski definition) is 7. The van der Waals surface area contributed by atoms with Crippen LogP contribution in [0, 0.1) is 0 Å². The Kier molecular flexibility index (Phi) is 5.06. The molecule has 0 saturated carbocycles. The highest BCUT2D eigenvalue weighted by atomic mass is 35.5. The third kappa shape index (κ3) is 3.54. The van der Waals surface area contributed by atoms with Crippen molar-refractivity contribution in [3.63, 3.8) is 0 Å². The van der Waals surface area contributed by atoms with E-state index in [2.05, 4.69) is 25.3 Å². The highest BCUT2D eigenvalue weighted by Crippen LogP contribution is 2.35. The van der Waals surface area contributed by atoms with Gasteiger partial charge in [-0.15, -0.1) is 5.10 Å². The van der Waals surface area contributed by atoms with Gasteiger partial charge in [-0.05, 0) is 25.1 Å². The topological polar surface area (TPSA) is 89.7 Å². The lowest BCUT2D eigenvalue weighted by atomic mass is 10.2. The van der Waals surface area contributed by atoms with E-state index in [-0.39, 0.29) is 5.25 Å². The first-order valence-electron chi connectivity index (χ1n) is 7.36. The summed E-state index contributed by atoms with van der Waals surface area (Å²) in [5.41, 5.74) is 0.753. The minimum absolute atomic E-state index is 0.0530. The number of aromatic nitrogens is 5. The van der Waals surface area contributed by atoms with E-state index in [0.29, 0.717) is 33.5 Å². The average Bonchev–Trinajstić information content (AvgIpc) is 3.24. The second kappa shape index (κ2) is 7.23. The molecule has 126 valence electrons. The molecule has 0 amide bonds. The molecular weight excluding hydrogens is 350 g/mol. The van der Waals surface area contributed by atoms with E-state index < -0.39 is 0 Å². The van der Waals surface area contributed by atoms with Crippen molar-refractivity contribution < 1.29 is 9.26 Å². The molecule has 0 aliphatic rings. The van der Waals surface area contributed by atoms with Crippen LogP contribution in [0.3, 0.4) is 0 Å². The molecule has 0 fully saturated rings. The Morgan fingerprint density at radius 1 is 1.38 bits per heavy atom. The van der Waals surface area contributed by atoms with Crippen LogP contribution in [0.2, 0.25) is 5.02 Å². The van der Waals surface area contributed by atoms with Gasteiger partial charge in [-0.1, -0.05) is 35.4 Å². The molecule has 0 unspecified atom stereocenters. The van der Waals surface area contributed by atoms with Gasteiger partial charge in [0.25, 0.3) is 0 Å². The number of aromatic amines is 1. The van der Waals surface area contributed by atoms with Gasteiger partial charge in [0.2, 0.25) is 11.0 Å². The third-order valence-electron chi connectivity index (χ3n) is 3.31. The zero-order chi connectivity index (χ0) is 17.1. The summed E-state index contributed by atoms with van der Waals surface area (Å²) in [5.74, 6) is 2.51. The monoisotopic (exact) mass is 365 g/mol. The van der Waals surface area contributed by atoms with E-state index in [9.17, 15) is 0 Å². The number of hydrogen-bond donors (Lipinski definition) is 1. The van der Waals surface area contributed by atoms with Gasteiger partial charge in [-0.25, -0.2) is 4.98 Å². The summed E-state index contributed by atoms with van der Waals surface area (Å²) in [6.07, 6.45) is 0.736. The Morgan fingerprint density at radius 2 is 2.21 bits per heavy atom. The Hall–Kier alpha value is -2.06. The van der Waals surface area contributed by atoms with Crippen LogP contribution in [0.25, 0.3) is 11.4 Å². The van der Waals surface area contributed by atoms with E-state index in [1.807, 2.05) is 13.8 Å². The molecule has 2 heterocycles. The largest absolute Gasteiger partial charge is 0.496 e. The van der Waals surface area contributed by atoms with Crippen molar-refractivity contribution in [2.45, 2.75) is 30.7 Å². The second-order valence-electron chi connectivity index (χ2n) is 4.97. The molecule has 1 N–H and O–H groups in total. The fourth-order valence-corrected chi connectivity index (χ4v) is 3.00. The molecule has 0 aliphatic heterocycles. The molecule has 7 nitrogen and oxygen atoms in total. The molecule has 3 aromatic rings. The molecule has 0 aliphatic carbocycles. The number of halogens is 1. The summed E-state index contributed by atoms with van der Waals surface area (Å²) in [7, 11) is 1.60. The van der Waals surface area contributed by atoms with E-state index in [0.717, 1.165) is 12.0 Å². The maximum absolute atomic E-state index is 6.06. The number of H-pyrrole nitrogens is 1. The minimum Gasteiger partial charge on any atom is -0.496 e. The molecule has 1 aromatic carbocycles. The molecule has 1 atom stereocenters. The Morgan fingerprint density at radius 3 is 2.92 bits per heavy atom. The smallest absolute Gasteiger partial charge is 0.239 e. The molecule has 0 saturated heterocycles. The van der Waals surface area contributed by atoms with Crippen LogP contribution in [-0.4, -0.2) is 32.4 Å². The maximum Gasteiger partial charge on any atom is 0.239 e. The lowest BCUT2D eigenvalue weighted by Crippen LogP contribution is -1.91. The normalized spacial score (nSPS) is 12.3. The number of benzene rings is 1.